The summed E-state index contributed by atoms with van der Waals surface area (Å²) in [6, 6.07) is 0. The van der Waals surface area contributed by atoms with Crippen LogP contribution < -0.4 is 0 Å². The molecule has 0 bridgehead atoms. The minimum absolute atomic E-state index is 1.19. The normalized spacial score (nSPS) is 11.3. The first-order chi connectivity index (χ1) is 9.24. The van der Waals surface area contributed by atoms with Crippen LogP contribution in [0.1, 0.15) is 6.42 Å². The molecule has 0 aromatic heterocycles. The first kappa shape index (κ1) is 20.2. The molecule has 0 N–H and O–H groups in total. The van der Waals surface area contributed by atoms with Crippen molar-refractivity contribution in [3.05, 3.63) is 0 Å². The third kappa shape index (κ3) is 6.17. The van der Waals surface area contributed by atoms with E-state index in [0.717, 1.165) is 0 Å². The summed E-state index contributed by atoms with van der Waals surface area (Å²) in [5, 5.41) is 41.8. The average molecular weight is 316 g/mol. The molecule has 0 unspecified atom stereocenters. The van der Waals surface area contributed by atoms with Crippen LogP contribution in [0.4, 0.5) is 0 Å². The molecule has 0 atom stereocenters. The van der Waals surface area contributed by atoms with Crippen molar-refractivity contribution in [2.75, 3.05) is 41.3 Å². The van der Waals surface area contributed by atoms with Crippen molar-refractivity contribution in [2.24, 2.45) is 0 Å². The fraction of sp³-hybridized carbons (Fsp3) is 0.583. The second kappa shape index (κ2) is 8.90. The van der Waals surface area contributed by atoms with Gasteiger partial charge in [-0.15, -0.1) is 0 Å². The third-order valence-electron chi connectivity index (χ3n) is 2.00. The van der Waals surface area contributed by atoms with Gasteiger partial charge in [0.05, 0.1) is 0 Å². The Balaban J connectivity index is 0. The average Bonchev–Trinajstić information content (AvgIpc) is 2.43. The molecule has 0 heterocycles. The summed E-state index contributed by atoms with van der Waals surface area (Å²) in [4.78, 5) is 10.5. The first-order valence-corrected chi connectivity index (χ1v) is 8.18. The molecule has 20 heavy (non-hydrogen) atoms. The van der Waals surface area contributed by atoms with Gasteiger partial charge in [0.2, 0.25) is 0 Å². The van der Waals surface area contributed by atoms with Gasteiger partial charge in [0, 0.05) is 0 Å². The zero-order valence-electron chi connectivity index (χ0n) is 12.1. The van der Waals surface area contributed by atoms with E-state index in [1.165, 1.54) is 44.3 Å². The van der Waals surface area contributed by atoms with Crippen LogP contribution in [0.3, 0.4) is 0 Å². The molecule has 0 radical (unpaired) electrons. The molecule has 0 saturated carbocycles. The van der Waals surface area contributed by atoms with Gasteiger partial charge < -0.3 is 9.80 Å². The Morgan fingerprint density at radius 3 is 1.00 bits per heavy atom. The Hall–Kier alpha value is -2.11. The predicted molar refractivity (Wildman–Crippen MR) is 69.8 cm³/mol. The summed E-state index contributed by atoms with van der Waals surface area (Å²) >= 11 is -4.78. The first-order valence-electron chi connectivity index (χ1n) is 5.42. The van der Waals surface area contributed by atoms with E-state index in [0.29, 0.717) is 0 Å². The Labute approximate surface area is 121 Å². The standard InChI is InChI=1S/C7H18N2.5CN.Fe/c1-8(2)6-5-7-9(3)4;5*1-2;/h5-7H2,1-4H3;;;;;;. The fourth-order valence-corrected chi connectivity index (χ4v) is 1.43. The summed E-state index contributed by atoms with van der Waals surface area (Å²) in [6.07, 6.45) is 1.26. The van der Waals surface area contributed by atoms with E-state index >= 15 is 0 Å². The quantitative estimate of drug-likeness (QED) is 0.694. The van der Waals surface area contributed by atoms with E-state index in [1.54, 1.807) is 0 Å². The number of nitriles is 5. The van der Waals surface area contributed by atoms with Crippen molar-refractivity contribution in [3.63, 3.8) is 0 Å². The Morgan fingerprint density at radius 1 is 0.650 bits per heavy atom. The molecule has 0 aliphatic heterocycles. The van der Waals surface area contributed by atoms with Crippen LogP contribution in [0.2, 0.25) is 0 Å². The van der Waals surface area contributed by atoms with E-state index in [-0.39, 0.29) is 0 Å². The summed E-state index contributed by atoms with van der Waals surface area (Å²) in [5.41, 5.74) is 0. The van der Waals surface area contributed by atoms with E-state index in [4.69, 9.17) is 26.3 Å². The molecule has 0 rings (SSSR count). The Kier molecular flexibility index (Phi) is 8.99. The van der Waals surface area contributed by atoms with Crippen molar-refractivity contribution in [2.45, 2.75) is 6.42 Å². The van der Waals surface area contributed by atoms with Crippen LogP contribution in [-0.2, 0) is 11.8 Å². The second-order valence-electron chi connectivity index (χ2n) is 4.24. The molecule has 109 valence electrons. The molecule has 8 heteroatoms. The van der Waals surface area contributed by atoms with Gasteiger partial charge in [-0.2, -0.15) is 0 Å². The number of hydrogen-bond donors (Lipinski definition) is 0. The van der Waals surface area contributed by atoms with Crippen molar-refractivity contribution in [1.29, 1.82) is 26.3 Å². The number of rotatable bonds is 4. The molecule has 0 aliphatic rings. The SMILES string of the molecule is CN(C)CCCN(C)C.N#[C][Fe]([C]#N)([C]#N)([C]#N)[C]#N. The maximum atomic E-state index is 8.35. The van der Waals surface area contributed by atoms with Gasteiger partial charge in [0.15, 0.2) is 0 Å². The van der Waals surface area contributed by atoms with Crippen molar-refractivity contribution >= 4 is 0 Å². The van der Waals surface area contributed by atoms with E-state index in [9.17, 15) is 0 Å². The van der Waals surface area contributed by atoms with Crippen LogP contribution >= 0.6 is 0 Å². The van der Waals surface area contributed by atoms with Gasteiger partial charge in [-0.25, -0.2) is 0 Å². The maximum absolute atomic E-state index is 8.35. The van der Waals surface area contributed by atoms with Crippen LogP contribution in [0.5, 0.6) is 0 Å². The number of nitrogens with zero attached hydrogens (tertiary/aromatic N) is 7. The third-order valence-corrected chi connectivity index (χ3v) is 4.47. The van der Waals surface area contributed by atoms with E-state index in [2.05, 4.69) is 38.0 Å². The zero-order chi connectivity index (χ0) is 16.3. The topological polar surface area (TPSA) is 125 Å². The van der Waals surface area contributed by atoms with Gasteiger partial charge in [-0.1, -0.05) is 0 Å². The van der Waals surface area contributed by atoms with E-state index < -0.39 is 11.8 Å². The fourth-order valence-electron chi connectivity index (χ4n) is 0.880. The monoisotopic (exact) mass is 316 g/mol. The Bertz CT molecular complexity index is 412. The molecule has 0 aromatic carbocycles. The summed E-state index contributed by atoms with van der Waals surface area (Å²) in [6.45, 7) is 2.39. The van der Waals surface area contributed by atoms with Crippen LogP contribution in [0.15, 0.2) is 0 Å². The summed E-state index contributed by atoms with van der Waals surface area (Å²) in [5.74, 6) is 0. The van der Waals surface area contributed by atoms with E-state index in [1.807, 2.05) is 0 Å². The van der Waals surface area contributed by atoms with Crippen LogP contribution in [-0.4, -0.2) is 51.1 Å². The molecule has 0 saturated heterocycles. The van der Waals surface area contributed by atoms with Crippen LogP contribution in [0, 0.1) is 51.1 Å². The van der Waals surface area contributed by atoms with Crippen molar-refractivity contribution < 1.29 is 11.8 Å². The van der Waals surface area contributed by atoms with Crippen molar-refractivity contribution in [3.8, 4) is 24.8 Å². The Morgan fingerprint density at radius 2 is 0.900 bits per heavy atom. The van der Waals surface area contributed by atoms with Gasteiger partial charge in [-0.3, -0.25) is 0 Å². The molecule has 0 aliphatic carbocycles. The zero-order valence-corrected chi connectivity index (χ0v) is 13.2. The summed E-state index contributed by atoms with van der Waals surface area (Å²) in [7, 11) is 8.43. The summed E-state index contributed by atoms with van der Waals surface area (Å²) < 4.78 is 0. The van der Waals surface area contributed by atoms with Gasteiger partial charge in [-0.05, 0) is 47.7 Å². The van der Waals surface area contributed by atoms with Crippen molar-refractivity contribution in [1.82, 2.24) is 9.80 Å². The molecule has 0 spiro atoms. The van der Waals surface area contributed by atoms with Gasteiger partial charge >= 0.3 is 62.9 Å². The second-order valence-corrected chi connectivity index (χ2v) is 8.23. The molecule has 7 nitrogen and oxygen atoms in total. The van der Waals surface area contributed by atoms with Gasteiger partial charge in [0.1, 0.15) is 0 Å². The van der Waals surface area contributed by atoms with Crippen LogP contribution in [0.25, 0.3) is 0 Å². The number of hydrogen-bond acceptors (Lipinski definition) is 7. The molecular formula is C12H18FeN7. The molecule has 0 fully saturated rings. The molecular weight excluding hydrogens is 298 g/mol. The molecule has 0 amide bonds. The molecule has 0 aromatic rings. The van der Waals surface area contributed by atoms with Gasteiger partial charge in [0.25, 0.3) is 0 Å². The minimum atomic E-state index is -4.78. The predicted octanol–water partition coefficient (Wildman–Crippen LogP) is 0.581.